The fourth-order valence-electron chi connectivity index (χ4n) is 3.45. The molecule has 2 heteroatoms. The van der Waals surface area contributed by atoms with Crippen LogP contribution in [0.3, 0.4) is 0 Å². The van der Waals surface area contributed by atoms with E-state index in [9.17, 15) is 5.11 Å². The third-order valence-electron chi connectivity index (χ3n) is 4.28. The van der Waals surface area contributed by atoms with E-state index in [-0.39, 0.29) is 6.10 Å². The summed E-state index contributed by atoms with van der Waals surface area (Å²) in [6.45, 7) is 2.15. The Morgan fingerprint density at radius 3 is 2.43 bits per heavy atom. The van der Waals surface area contributed by atoms with Crippen molar-refractivity contribution >= 4 is 0 Å². The highest BCUT2D eigenvalue weighted by Crippen LogP contribution is 2.43. The van der Waals surface area contributed by atoms with Gasteiger partial charge in [-0.25, -0.2) is 0 Å². The second-order valence-corrected chi connectivity index (χ2v) is 5.09. The molecule has 0 aromatic rings. The molecular formula is C12H22O2. The third-order valence-corrected chi connectivity index (χ3v) is 4.28. The molecule has 82 valence electrons. The summed E-state index contributed by atoms with van der Waals surface area (Å²) in [5, 5.41) is 10.1. The van der Waals surface area contributed by atoms with Crippen LogP contribution in [0, 0.1) is 17.8 Å². The minimum Gasteiger partial charge on any atom is -0.393 e. The van der Waals surface area contributed by atoms with Crippen LogP contribution >= 0.6 is 0 Å². The Morgan fingerprint density at radius 1 is 1.14 bits per heavy atom. The monoisotopic (exact) mass is 198 g/mol. The van der Waals surface area contributed by atoms with E-state index in [1.165, 1.54) is 25.7 Å². The zero-order valence-corrected chi connectivity index (χ0v) is 9.28. The van der Waals surface area contributed by atoms with Gasteiger partial charge < -0.3 is 9.84 Å². The topological polar surface area (TPSA) is 29.5 Å². The first-order valence-corrected chi connectivity index (χ1v) is 5.95. The zero-order valence-electron chi connectivity index (χ0n) is 9.28. The van der Waals surface area contributed by atoms with Gasteiger partial charge in [0.05, 0.1) is 12.2 Å². The molecule has 2 rings (SSSR count). The number of aliphatic hydroxyl groups excluding tert-OH is 1. The fraction of sp³-hybridized carbons (Fsp3) is 1.00. The van der Waals surface area contributed by atoms with Crippen LogP contribution in [0.1, 0.15) is 39.0 Å². The highest BCUT2D eigenvalue weighted by Gasteiger charge is 2.43. The molecule has 0 unspecified atom stereocenters. The molecule has 0 radical (unpaired) electrons. The van der Waals surface area contributed by atoms with Gasteiger partial charge in [0.15, 0.2) is 0 Å². The van der Waals surface area contributed by atoms with Crippen LogP contribution < -0.4 is 0 Å². The molecular weight excluding hydrogens is 176 g/mol. The van der Waals surface area contributed by atoms with Gasteiger partial charge in [0, 0.05) is 7.11 Å². The first-order chi connectivity index (χ1) is 6.74. The first kappa shape index (κ1) is 10.4. The standard InChI is InChI=1S/C12H22O2/c1-8-7-11(14-2)9-5-3-4-6-10(9)12(8)13/h8-13H,3-7H2,1-2H3/t8-,9+,10-,11-,12+/m1/s1. The summed E-state index contributed by atoms with van der Waals surface area (Å²) in [5.41, 5.74) is 0. The molecule has 0 aromatic heterocycles. The van der Waals surface area contributed by atoms with Crippen LogP contribution in [0.5, 0.6) is 0 Å². The van der Waals surface area contributed by atoms with Crippen molar-refractivity contribution in [1.29, 1.82) is 0 Å². The quantitative estimate of drug-likeness (QED) is 0.700. The first-order valence-electron chi connectivity index (χ1n) is 5.95. The van der Waals surface area contributed by atoms with Crippen molar-refractivity contribution < 1.29 is 9.84 Å². The summed E-state index contributed by atoms with van der Waals surface area (Å²) in [4.78, 5) is 0. The minimum atomic E-state index is -0.0771. The summed E-state index contributed by atoms with van der Waals surface area (Å²) in [7, 11) is 1.82. The Balaban J connectivity index is 2.10. The molecule has 2 aliphatic rings. The van der Waals surface area contributed by atoms with Gasteiger partial charge in [-0.1, -0.05) is 19.8 Å². The lowest BCUT2D eigenvalue weighted by Crippen LogP contribution is -2.47. The van der Waals surface area contributed by atoms with E-state index in [2.05, 4.69) is 6.92 Å². The number of hydrogen-bond acceptors (Lipinski definition) is 2. The van der Waals surface area contributed by atoms with Crippen LogP contribution in [-0.2, 0) is 4.74 Å². The Kier molecular flexibility index (Phi) is 3.13. The smallest absolute Gasteiger partial charge is 0.0606 e. The van der Waals surface area contributed by atoms with E-state index < -0.39 is 0 Å². The maximum Gasteiger partial charge on any atom is 0.0606 e. The summed E-state index contributed by atoms with van der Waals surface area (Å²) in [6.07, 6.45) is 6.44. The molecule has 0 bridgehead atoms. The van der Waals surface area contributed by atoms with E-state index >= 15 is 0 Å². The van der Waals surface area contributed by atoms with E-state index in [1.54, 1.807) is 0 Å². The fourth-order valence-corrected chi connectivity index (χ4v) is 3.45. The Hall–Kier alpha value is -0.0800. The van der Waals surface area contributed by atoms with Crippen LogP contribution in [0.4, 0.5) is 0 Å². The largest absolute Gasteiger partial charge is 0.393 e. The van der Waals surface area contributed by atoms with Gasteiger partial charge in [0.2, 0.25) is 0 Å². The molecule has 2 nitrogen and oxygen atoms in total. The highest BCUT2D eigenvalue weighted by atomic mass is 16.5. The number of aliphatic hydroxyl groups is 1. The summed E-state index contributed by atoms with van der Waals surface area (Å²) in [6, 6.07) is 0. The average molecular weight is 198 g/mol. The third kappa shape index (κ3) is 1.70. The number of fused-ring (bicyclic) bond motifs is 1. The summed E-state index contributed by atoms with van der Waals surface area (Å²) >= 11 is 0. The molecule has 0 aliphatic heterocycles. The van der Waals surface area contributed by atoms with Crippen molar-refractivity contribution in [2.75, 3.05) is 7.11 Å². The molecule has 0 spiro atoms. The second-order valence-electron chi connectivity index (χ2n) is 5.09. The SMILES string of the molecule is CO[C@@H]1C[C@@H](C)[C@H](O)[C@@H]2CCCC[C@@H]21. The predicted molar refractivity (Wildman–Crippen MR) is 56.0 cm³/mol. The number of ether oxygens (including phenoxy) is 1. The van der Waals surface area contributed by atoms with Gasteiger partial charge in [-0.15, -0.1) is 0 Å². The number of rotatable bonds is 1. The van der Waals surface area contributed by atoms with E-state index in [0.717, 1.165) is 6.42 Å². The molecule has 2 aliphatic carbocycles. The lowest BCUT2D eigenvalue weighted by atomic mass is 9.65. The molecule has 1 N–H and O–H groups in total. The van der Waals surface area contributed by atoms with E-state index in [0.29, 0.717) is 23.9 Å². The van der Waals surface area contributed by atoms with Crippen molar-refractivity contribution in [2.45, 2.75) is 51.2 Å². The van der Waals surface area contributed by atoms with Crippen molar-refractivity contribution in [3.63, 3.8) is 0 Å². The van der Waals surface area contributed by atoms with Crippen LogP contribution in [0.2, 0.25) is 0 Å². The molecule has 0 saturated heterocycles. The molecule has 2 saturated carbocycles. The molecule has 0 amide bonds. The number of methoxy groups -OCH3 is 1. The summed E-state index contributed by atoms with van der Waals surface area (Å²) in [5.74, 6) is 1.55. The van der Waals surface area contributed by atoms with Crippen LogP contribution in [-0.4, -0.2) is 24.4 Å². The average Bonchev–Trinajstić information content (AvgIpc) is 2.23. The van der Waals surface area contributed by atoms with Gasteiger partial charge >= 0.3 is 0 Å². The molecule has 0 aromatic carbocycles. The Morgan fingerprint density at radius 2 is 1.79 bits per heavy atom. The lowest BCUT2D eigenvalue weighted by molar-refractivity contribution is -0.103. The Bertz CT molecular complexity index is 187. The van der Waals surface area contributed by atoms with Crippen molar-refractivity contribution in [2.24, 2.45) is 17.8 Å². The van der Waals surface area contributed by atoms with Gasteiger partial charge in [-0.3, -0.25) is 0 Å². The van der Waals surface area contributed by atoms with Crippen molar-refractivity contribution in [1.82, 2.24) is 0 Å². The maximum absolute atomic E-state index is 10.1. The van der Waals surface area contributed by atoms with E-state index in [4.69, 9.17) is 4.74 Å². The second kappa shape index (κ2) is 4.19. The van der Waals surface area contributed by atoms with Gasteiger partial charge in [0.25, 0.3) is 0 Å². The lowest BCUT2D eigenvalue weighted by Gasteiger charge is -2.46. The minimum absolute atomic E-state index is 0.0771. The van der Waals surface area contributed by atoms with E-state index in [1.807, 2.05) is 7.11 Å². The van der Waals surface area contributed by atoms with Gasteiger partial charge in [0.1, 0.15) is 0 Å². The normalized spacial score (nSPS) is 48.6. The molecule has 14 heavy (non-hydrogen) atoms. The van der Waals surface area contributed by atoms with Gasteiger partial charge in [-0.05, 0) is 37.0 Å². The van der Waals surface area contributed by atoms with Crippen molar-refractivity contribution in [3.8, 4) is 0 Å². The molecule has 5 atom stereocenters. The summed E-state index contributed by atoms with van der Waals surface area (Å²) < 4.78 is 5.57. The molecule has 0 heterocycles. The Labute approximate surface area is 86.6 Å². The van der Waals surface area contributed by atoms with Crippen LogP contribution in [0.25, 0.3) is 0 Å². The van der Waals surface area contributed by atoms with Crippen LogP contribution in [0.15, 0.2) is 0 Å². The maximum atomic E-state index is 10.1. The van der Waals surface area contributed by atoms with Crippen molar-refractivity contribution in [3.05, 3.63) is 0 Å². The highest BCUT2D eigenvalue weighted by molar-refractivity contribution is 4.93. The zero-order chi connectivity index (χ0) is 10.1. The predicted octanol–water partition coefficient (Wildman–Crippen LogP) is 2.21. The molecule has 2 fully saturated rings. The van der Waals surface area contributed by atoms with Gasteiger partial charge in [-0.2, -0.15) is 0 Å². The number of hydrogen-bond donors (Lipinski definition) is 1.